The molecule has 0 saturated heterocycles. The molecule has 36 heavy (non-hydrogen) atoms. The van der Waals surface area contributed by atoms with Crippen LogP contribution in [0, 0.1) is 6.92 Å². The van der Waals surface area contributed by atoms with Gasteiger partial charge in [0.1, 0.15) is 18.9 Å². The molecule has 0 radical (unpaired) electrons. The lowest BCUT2D eigenvalue weighted by molar-refractivity contribution is -0.114. The first-order valence-electron chi connectivity index (χ1n) is 11.2. The summed E-state index contributed by atoms with van der Waals surface area (Å²) in [5.74, 6) is 0.139. The third kappa shape index (κ3) is 6.24. The van der Waals surface area contributed by atoms with Crippen LogP contribution in [0.25, 0.3) is 0 Å². The fourth-order valence-corrected chi connectivity index (χ4v) is 5.23. The number of benzene rings is 4. The number of rotatable bonds is 9. The van der Waals surface area contributed by atoms with E-state index in [1.165, 1.54) is 12.1 Å². The van der Waals surface area contributed by atoms with Crippen molar-refractivity contribution in [3.63, 3.8) is 0 Å². The zero-order valence-corrected chi connectivity index (χ0v) is 21.2. The zero-order valence-electron chi connectivity index (χ0n) is 19.6. The number of ether oxygens (including phenoxy) is 1. The Morgan fingerprint density at radius 1 is 0.861 bits per heavy atom. The molecule has 4 aromatic carbocycles. The van der Waals surface area contributed by atoms with Crippen LogP contribution in [0.3, 0.4) is 0 Å². The molecule has 0 aliphatic heterocycles. The summed E-state index contributed by atoms with van der Waals surface area (Å²) in [6.45, 7) is 1.84. The van der Waals surface area contributed by atoms with Crippen LogP contribution in [0.1, 0.15) is 11.1 Å². The molecule has 0 saturated carbocycles. The van der Waals surface area contributed by atoms with Crippen molar-refractivity contribution in [2.24, 2.45) is 0 Å². The molecular weight excluding hydrogens is 496 g/mol. The molecule has 0 aliphatic rings. The number of amides is 1. The quantitative estimate of drug-likeness (QED) is 0.291. The minimum Gasteiger partial charge on any atom is -0.489 e. The van der Waals surface area contributed by atoms with E-state index < -0.39 is 22.5 Å². The number of hydrogen-bond acceptors (Lipinski definition) is 4. The third-order valence-electron chi connectivity index (χ3n) is 5.40. The van der Waals surface area contributed by atoms with E-state index in [2.05, 4.69) is 5.32 Å². The van der Waals surface area contributed by atoms with Crippen LogP contribution in [0.2, 0.25) is 5.02 Å². The fourth-order valence-electron chi connectivity index (χ4n) is 3.50. The second-order valence-corrected chi connectivity index (χ2v) is 10.4. The number of sulfonamides is 1. The van der Waals surface area contributed by atoms with Gasteiger partial charge in [0.2, 0.25) is 5.91 Å². The summed E-state index contributed by atoms with van der Waals surface area (Å²) in [5, 5.41) is 2.97. The summed E-state index contributed by atoms with van der Waals surface area (Å²) in [7, 11) is -4.05. The van der Waals surface area contributed by atoms with Gasteiger partial charge in [0.25, 0.3) is 10.0 Å². The van der Waals surface area contributed by atoms with Crippen LogP contribution in [0.15, 0.2) is 108 Å². The van der Waals surface area contributed by atoms with Crippen molar-refractivity contribution in [1.82, 2.24) is 0 Å². The molecule has 0 aromatic heterocycles. The van der Waals surface area contributed by atoms with Gasteiger partial charge in [0, 0.05) is 5.69 Å². The van der Waals surface area contributed by atoms with Crippen LogP contribution in [-0.2, 0) is 21.4 Å². The minimum absolute atomic E-state index is 0.0701. The standard InChI is InChI=1S/C28H25ClN2O4S/c1-21-11-17-25(18-12-21)36(33,34)31(27-10-6-5-9-26(27)29)19-28(32)30-23-13-15-24(16-14-23)35-20-22-7-3-2-4-8-22/h2-18H,19-20H2,1H3,(H,30,32). The van der Waals surface area contributed by atoms with E-state index in [1.807, 2.05) is 37.3 Å². The molecule has 4 aromatic rings. The van der Waals surface area contributed by atoms with Crippen molar-refractivity contribution < 1.29 is 17.9 Å². The number of carbonyl (C=O) groups excluding carboxylic acids is 1. The van der Waals surface area contributed by atoms with Crippen LogP contribution >= 0.6 is 11.6 Å². The number of nitrogens with zero attached hydrogens (tertiary/aromatic N) is 1. The normalized spacial score (nSPS) is 11.1. The maximum atomic E-state index is 13.5. The molecule has 4 rings (SSSR count). The maximum absolute atomic E-state index is 13.5. The van der Waals surface area contributed by atoms with Gasteiger partial charge in [-0.05, 0) is 61.0 Å². The molecule has 1 N–H and O–H groups in total. The Morgan fingerprint density at radius 3 is 2.17 bits per heavy atom. The maximum Gasteiger partial charge on any atom is 0.264 e. The van der Waals surface area contributed by atoms with Gasteiger partial charge in [-0.3, -0.25) is 9.10 Å². The number of halogens is 1. The Bertz CT molecular complexity index is 1420. The van der Waals surface area contributed by atoms with Crippen LogP contribution < -0.4 is 14.4 Å². The van der Waals surface area contributed by atoms with E-state index in [9.17, 15) is 13.2 Å². The predicted molar refractivity (Wildman–Crippen MR) is 143 cm³/mol. The predicted octanol–water partition coefficient (Wildman–Crippen LogP) is 6.06. The Labute approximate surface area is 216 Å². The van der Waals surface area contributed by atoms with Crippen LogP contribution in [-0.4, -0.2) is 20.9 Å². The number of para-hydroxylation sites is 1. The smallest absolute Gasteiger partial charge is 0.264 e. The van der Waals surface area contributed by atoms with Crippen molar-refractivity contribution in [2.45, 2.75) is 18.4 Å². The lowest BCUT2D eigenvalue weighted by Gasteiger charge is -2.25. The zero-order chi connectivity index (χ0) is 25.5. The Hall–Kier alpha value is -3.81. The minimum atomic E-state index is -4.05. The highest BCUT2D eigenvalue weighted by Gasteiger charge is 2.28. The van der Waals surface area contributed by atoms with Crippen molar-refractivity contribution in [3.8, 4) is 5.75 Å². The van der Waals surface area contributed by atoms with Gasteiger partial charge in [0.15, 0.2) is 0 Å². The molecule has 0 spiro atoms. The second-order valence-electron chi connectivity index (χ2n) is 8.12. The summed E-state index contributed by atoms with van der Waals surface area (Å²) in [6, 6.07) is 29.6. The molecule has 0 aliphatic carbocycles. The van der Waals surface area contributed by atoms with E-state index in [0.29, 0.717) is 18.0 Å². The highest BCUT2D eigenvalue weighted by Crippen LogP contribution is 2.30. The van der Waals surface area contributed by atoms with E-state index in [-0.39, 0.29) is 15.6 Å². The average molecular weight is 521 g/mol. The second kappa shape index (κ2) is 11.3. The van der Waals surface area contributed by atoms with Gasteiger partial charge >= 0.3 is 0 Å². The van der Waals surface area contributed by atoms with E-state index in [0.717, 1.165) is 15.4 Å². The van der Waals surface area contributed by atoms with Gasteiger partial charge < -0.3 is 10.1 Å². The Balaban J connectivity index is 1.49. The Kier molecular flexibility index (Phi) is 7.93. The third-order valence-corrected chi connectivity index (χ3v) is 7.50. The van der Waals surface area contributed by atoms with Crippen LogP contribution in [0.5, 0.6) is 5.75 Å². The molecule has 0 atom stereocenters. The summed E-state index contributed by atoms with van der Waals surface area (Å²) in [4.78, 5) is 13.0. The number of anilines is 2. The first-order valence-corrected chi connectivity index (χ1v) is 13.1. The van der Waals surface area contributed by atoms with E-state index in [4.69, 9.17) is 16.3 Å². The van der Waals surface area contributed by atoms with Gasteiger partial charge in [0.05, 0.1) is 15.6 Å². The van der Waals surface area contributed by atoms with E-state index in [1.54, 1.807) is 60.7 Å². The molecule has 0 bridgehead atoms. The first kappa shape index (κ1) is 25.3. The molecule has 6 nitrogen and oxygen atoms in total. The van der Waals surface area contributed by atoms with Crippen molar-refractivity contribution >= 4 is 38.9 Å². The van der Waals surface area contributed by atoms with Crippen molar-refractivity contribution in [1.29, 1.82) is 0 Å². The molecule has 0 fully saturated rings. The summed E-state index contributed by atoms with van der Waals surface area (Å²) < 4.78 is 33.8. The monoisotopic (exact) mass is 520 g/mol. The SMILES string of the molecule is Cc1ccc(S(=O)(=O)N(CC(=O)Nc2ccc(OCc3ccccc3)cc2)c2ccccc2Cl)cc1. The lowest BCUT2D eigenvalue weighted by Crippen LogP contribution is -2.38. The van der Waals surface area contributed by atoms with Crippen LogP contribution in [0.4, 0.5) is 11.4 Å². The van der Waals surface area contributed by atoms with Gasteiger partial charge in [-0.2, -0.15) is 0 Å². The summed E-state index contributed by atoms with van der Waals surface area (Å²) >= 11 is 6.32. The van der Waals surface area contributed by atoms with E-state index >= 15 is 0 Å². The lowest BCUT2D eigenvalue weighted by atomic mass is 10.2. The molecule has 8 heteroatoms. The van der Waals surface area contributed by atoms with Gasteiger partial charge in [-0.1, -0.05) is 71.8 Å². The van der Waals surface area contributed by atoms with Crippen molar-refractivity contribution in [3.05, 3.63) is 119 Å². The molecule has 0 heterocycles. The number of nitrogens with one attached hydrogen (secondary N) is 1. The number of aryl methyl sites for hydroxylation is 1. The summed E-state index contributed by atoms with van der Waals surface area (Å²) in [5.41, 5.74) is 2.70. The fraction of sp³-hybridized carbons (Fsp3) is 0.107. The Morgan fingerprint density at radius 2 is 1.50 bits per heavy atom. The highest BCUT2D eigenvalue weighted by atomic mass is 35.5. The highest BCUT2D eigenvalue weighted by molar-refractivity contribution is 7.92. The van der Waals surface area contributed by atoms with Gasteiger partial charge in [-0.15, -0.1) is 0 Å². The molecule has 184 valence electrons. The topological polar surface area (TPSA) is 75.7 Å². The number of carbonyl (C=O) groups is 1. The number of hydrogen-bond donors (Lipinski definition) is 1. The van der Waals surface area contributed by atoms with Gasteiger partial charge in [-0.25, -0.2) is 8.42 Å². The largest absolute Gasteiger partial charge is 0.489 e. The molecule has 0 unspecified atom stereocenters. The molecule has 1 amide bonds. The van der Waals surface area contributed by atoms with Crippen molar-refractivity contribution in [2.75, 3.05) is 16.2 Å². The average Bonchev–Trinajstić information content (AvgIpc) is 2.88. The summed E-state index contributed by atoms with van der Waals surface area (Å²) in [6.07, 6.45) is 0. The first-order chi connectivity index (χ1) is 17.3. The molecular formula is C28H25ClN2O4S.